The molecule has 3 N–H and O–H groups in total. The number of nitrogens with zero attached hydrogens (tertiary/aromatic N) is 1. The fourth-order valence-electron chi connectivity index (χ4n) is 1.42. The molecule has 20 heavy (non-hydrogen) atoms. The summed E-state index contributed by atoms with van der Waals surface area (Å²) in [6.07, 6.45) is 2.33. The molecule has 1 aromatic carbocycles. The average Bonchev–Trinajstić information content (AvgIpc) is 2.36. The van der Waals surface area contributed by atoms with E-state index in [9.17, 15) is 17.2 Å². The molecule has 0 fully saturated rings. The second kappa shape index (κ2) is 5.33. The molecule has 0 amide bonds. The first kappa shape index (κ1) is 14.7. The first-order valence-corrected chi connectivity index (χ1v) is 7.46. The third-order valence-electron chi connectivity index (χ3n) is 2.36. The van der Waals surface area contributed by atoms with Crippen molar-refractivity contribution in [3.63, 3.8) is 0 Å². The Bertz CT molecular complexity index is 768. The van der Waals surface area contributed by atoms with Crippen molar-refractivity contribution in [2.24, 2.45) is 0 Å². The van der Waals surface area contributed by atoms with Gasteiger partial charge in [0.05, 0.1) is 15.8 Å². The summed E-state index contributed by atoms with van der Waals surface area (Å²) in [4.78, 5) is 3.32. The van der Waals surface area contributed by atoms with Crippen LogP contribution >= 0.6 is 15.9 Å². The van der Waals surface area contributed by atoms with E-state index in [4.69, 9.17) is 5.73 Å². The molecule has 1 heterocycles. The number of sulfonamides is 1. The molecule has 0 aliphatic rings. The number of benzene rings is 1. The number of hydrogen-bond donors (Lipinski definition) is 2. The van der Waals surface area contributed by atoms with Crippen LogP contribution in [-0.4, -0.2) is 13.4 Å². The average molecular weight is 364 g/mol. The Morgan fingerprint density at radius 2 is 1.95 bits per heavy atom. The van der Waals surface area contributed by atoms with Gasteiger partial charge in [0.2, 0.25) is 0 Å². The maximum atomic E-state index is 13.6. The fourth-order valence-corrected chi connectivity index (χ4v) is 2.87. The van der Waals surface area contributed by atoms with E-state index in [1.807, 2.05) is 4.72 Å². The Morgan fingerprint density at radius 1 is 1.25 bits per heavy atom. The van der Waals surface area contributed by atoms with Crippen LogP contribution in [-0.2, 0) is 10.0 Å². The number of hydrogen-bond acceptors (Lipinski definition) is 4. The van der Waals surface area contributed by atoms with Crippen LogP contribution in [0.3, 0.4) is 0 Å². The number of anilines is 2. The van der Waals surface area contributed by atoms with E-state index in [1.54, 1.807) is 0 Å². The molecule has 0 aliphatic heterocycles. The van der Waals surface area contributed by atoms with Crippen molar-refractivity contribution in [1.29, 1.82) is 0 Å². The minimum Gasteiger partial charge on any atom is -0.398 e. The Balaban J connectivity index is 2.44. The molecule has 0 radical (unpaired) electrons. The molecule has 0 unspecified atom stereocenters. The lowest BCUT2D eigenvalue weighted by atomic mass is 10.3. The van der Waals surface area contributed by atoms with Crippen LogP contribution in [0.15, 0.2) is 40.0 Å². The van der Waals surface area contributed by atoms with Gasteiger partial charge in [-0.2, -0.15) is 0 Å². The van der Waals surface area contributed by atoms with Crippen molar-refractivity contribution < 1.29 is 17.2 Å². The molecule has 9 heteroatoms. The minimum absolute atomic E-state index is 0.0505. The van der Waals surface area contributed by atoms with Gasteiger partial charge < -0.3 is 5.73 Å². The van der Waals surface area contributed by atoms with Gasteiger partial charge in [-0.15, -0.1) is 0 Å². The van der Waals surface area contributed by atoms with Gasteiger partial charge >= 0.3 is 0 Å². The summed E-state index contributed by atoms with van der Waals surface area (Å²) >= 11 is 2.79. The zero-order chi connectivity index (χ0) is 14.9. The summed E-state index contributed by atoms with van der Waals surface area (Å²) in [7, 11) is -4.16. The lowest BCUT2D eigenvalue weighted by Crippen LogP contribution is -2.16. The molecule has 1 aromatic heterocycles. The molecule has 0 saturated heterocycles. The maximum absolute atomic E-state index is 13.6. The highest BCUT2D eigenvalue weighted by Gasteiger charge is 2.20. The number of nitrogen functional groups attached to an aromatic ring is 1. The van der Waals surface area contributed by atoms with Crippen molar-refractivity contribution in [2.45, 2.75) is 4.90 Å². The topological polar surface area (TPSA) is 85.1 Å². The van der Waals surface area contributed by atoms with E-state index in [0.717, 1.165) is 18.3 Å². The summed E-state index contributed by atoms with van der Waals surface area (Å²) in [5, 5.41) is 0. The van der Waals surface area contributed by atoms with Crippen LogP contribution in [0, 0.1) is 11.6 Å². The summed E-state index contributed by atoms with van der Waals surface area (Å²) in [6.45, 7) is 0. The van der Waals surface area contributed by atoms with Gasteiger partial charge in [-0.3, -0.25) is 9.71 Å². The van der Waals surface area contributed by atoms with Crippen molar-refractivity contribution in [1.82, 2.24) is 4.98 Å². The van der Waals surface area contributed by atoms with E-state index >= 15 is 0 Å². The second-order valence-corrected chi connectivity index (χ2v) is 6.27. The van der Waals surface area contributed by atoms with Gasteiger partial charge in [-0.1, -0.05) is 0 Å². The van der Waals surface area contributed by atoms with Gasteiger partial charge in [0, 0.05) is 18.5 Å². The van der Waals surface area contributed by atoms with Crippen molar-refractivity contribution in [2.75, 3.05) is 10.5 Å². The quantitative estimate of drug-likeness (QED) is 0.820. The van der Waals surface area contributed by atoms with Crippen LogP contribution in [0.1, 0.15) is 0 Å². The molecule has 0 bridgehead atoms. The van der Waals surface area contributed by atoms with E-state index in [0.29, 0.717) is 0 Å². The highest BCUT2D eigenvalue weighted by atomic mass is 79.9. The van der Waals surface area contributed by atoms with Crippen molar-refractivity contribution in [3.8, 4) is 0 Å². The molecule has 0 atom stereocenters. The summed E-state index contributed by atoms with van der Waals surface area (Å²) in [6, 6.07) is 2.83. The Morgan fingerprint density at radius 3 is 2.60 bits per heavy atom. The van der Waals surface area contributed by atoms with E-state index in [1.165, 1.54) is 12.3 Å². The van der Waals surface area contributed by atoms with Gasteiger partial charge in [0.1, 0.15) is 16.5 Å². The first-order chi connectivity index (χ1) is 9.31. The van der Waals surface area contributed by atoms with Gasteiger partial charge in [-0.05, 0) is 28.1 Å². The number of aromatic nitrogens is 1. The monoisotopic (exact) mass is 363 g/mol. The van der Waals surface area contributed by atoms with Crippen LogP contribution in [0.25, 0.3) is 0 Å². The van der Waals surface area contributed by atoms with E-state index in [-0.39, 0.29) is 15.1 Å². The Labute approximate surface area is 122 Å². The lowest BCUT2D eigenvalue weighted by Gasteiger charge is -2.10. The molecule has 0 spiro atoms. The van der Waals surface area contributed by atoms with Crippen LogP contribution in [0.2, 0.25) is 0 Å². The predicted octanol–water partition coefficient (Wildman–Crippen LogP) is 2.51. The molecular weight excluding hydrogens is 356 g/mol. The molecular formula is C11H8BrF2N3O2S. The molecule has 106 valence electrons. The molecule has 5 nitrogen and oxygen atoms in total. The standard InChI is InChI=1S/C11H8BrF2N3O2S/c12-6-3-8(14)10(4-7(6)13)17-20(18,19)11-5-16-2-1-9(11)15/h1-5,17H,(H2,15,16). The first-order valence-electron chi connectivity index (χ1n) is 5.18. The number of nitrogens with two attached hydrogens (primary N) is 1. The van der Waals surface area contributed by atoms with Gasteiger partial charge in [0.15, 0.2) is 0 Å². The summed E-state index contributed by atoms with van der Waals surface area (Å²) < 4.78 is 52.8. The molecule has 0 aliphatic carbocycles. The number of nitrogens with one attached hydrogen (secondary N) is 1. The third-order valence-corrected chi connectivity index (χ3v) is 4.38. The minimum atomic E-state index is -4.16. The molecule has 2 aromatic rings. The van der Waals surface area contributed by atoms with E-state index in [2.05, 4.69) is 20.9 Å². The SMILES string of the molecule is Nc1ccncc1S(=O)(=O)Nc1cc(F)c(Br)cc1F. The fraction of sp³-hybridized carbons (Fsp3) is 0. The highest BCUT2D eigenvalue weighted by molar-refractivity contribution is 9.10. The smallest absolute Gasteiger partial charge is 0.265 e. The van der Waals surface area contributed by atoms with Gasteiger partial charge in [0.25, 0.3) is 10.0 Å². The zero-order valence-electron chi connectivity index (χ0n) is 9.77. The third kappa shape index (κ3) is 2.88. The number of halogens is 3. The highest BCUT2D eigenvalue weighted by Crippen LogP contribution is 2.26. The Hall–Kier alpha value is -1.74. The van der Waals surface area contributed by atoms with Crippen LogP contribution in [0.4, 0.5) is 20.2 Å². The summed E-state index contributed by atoms with van der Waals surface area (Å²) in [5.74, 6) is -1.73. The molecule has 0 saturated carbocycles. The second-order valence-electron chi connectivity index (χ2n) is 3.77. The largest absolute Gasteiger partial charge is 0.398 e. The lowest BCUT2D eigenvalue weighted by molar-refractivity contribution is 0.592. The maximum Gasteiger partial charge on any atom is 0.265 e. The predicted molar refractivity (Wildman–Crippen MR) is 73.5 cm³/mol. The zero-order valence-corrected chi connectivity index (χ0v) is 12.2. The number of pyridine rings is 1. The number of rotatable bonds is 3. The van der Waals surface area contributed by atoms with Gasteiger partial charge in [-0.25, -0.2) is 17.2 Å². The van der Waals surface area contributed by atoms with E-state index < -0.39 is 27.3 Å². The molecule has 2 rings (SSSR count). The van der Waals surface area contributed by atoms with Crippen molar-refractivity contribution >= 4 is 37.3 Å². The Kier molecular flexibility index (Phi) is 3.91. The van der Waals surface area contributed by atoms with Crippen molar-refractivity contribution in [3.05, 3.63) is 46.7 Å². The van der Waals surface area contributed by atoms with Crippen LogP contribution in [0.5, 0.6) is 0 Å². The van der Waals surface area contributed by atoms with Crippen LogP contribution < -0.4 is 10.5 Å². The summed E-state index contributed by atoms with van der Waals surface area (Å²) in [5.41, 5.74) is 4.95. The normalized spacial score (nSPS) is 11.3.